The van der Waals surface area contributed by atoms with Gasteiger partial charge in [-0.05, 0) is 48.7 Å². The molecular weight excluding hydrogens is 493 g/mol. The number of sulfonamides is 1. The highest BCUT2D eigenvalue weighted by Crippen LogP contribution is 2.23. The second-order valence-corrected chi connectivity index (χ2v) is 10.7. The second kappa shape index (κ2) is 12.5. The monoisotopic (exact) mass is 525 g/mol. The highest BCUT2D eigenvalue weighted by atomic mass is 32.2. The van der Waals surface area contributed by atoms with Gasteiger partial charge >= 0.3 is 0 Å². The van der Waals surface area contributed by atoms with Gasteiger partial charge in [0.15, 0.2) is 0 Å². The summed E-state index contributed by atoms with van der Waals surface area (Å²) in [7, 11) is -3.83. The number of likely N-dealkylation sites (N-methyl/N-ethyl adjacent to an activating group) is 1. The summed E-state index contributed by atoms with van der Waals surface area (Å²) in [4.78, 5) is 28.5. The van der Waals surface area contributed by atoms with Gasteiger partial charge in [-0.25, -0.2) is 12.8 Å². The van der Waals surface area contributed by atoms with Crippen molar-refractivity contribution >= 4 is 27.5 Å². The van der Waals surface area contributed by atoms with Crippen molar-refractivity contribution in [1.82, 2.24) is 10.2 Å². The Morgan fingerprint density at radius 3 is 2.14 bits per heavy atom. The molecule has 0 saturated heterocycles. The van der Waals surface area contributed by atoms with E-state index < -0.39 is 34.3 Å². The van der Waals surface area contributed by atoms with E-state index in [1.807, 2.05) is 30.3 Å². The maximum Gasteiger partial charge on any atom is 0.244 e. The lowest BCUT2D eigenvalue weighted by molar-refractivity contribution is -0.140. The highest BCUT2D eigenvalue weighted by molar-refractivity contribution is 7.92. The minimum atomic E-state index is -3.83. The molecule has 7 nitrogen and oxygen atoms in total. The number of carbonyl (C=O) groups excluding carboxylic acids is 2. The molecule has 3 rings (SSSR count). The van der Waals surface area contributed by atoms with Gasteiger partial charge in [0, 0.05) is 19.5 Å². The average molecular weight is 526 g/mol. The fraction of sp³-hybridized carbons (Fsp3) is 0.286. The summed E-state index contributed by atoms with van der Waals surface area (Å²) < 4.78 is 40.2. The van der Waals surface area contributed by atoms with E-state index >= 15 is 0 Å². The molecule has 0 spiro atoms. The topological polar surface area (TPSA) is 86.8 Å². The molecular formula is C28H32FN3O4S. The van der Waals surface area contributed by atoms with Crippen LogP contribution in [0.4, 0.5) is 10.1 Å². The molecule has 0 aliphatic heterocycles. The number of amides is 2. The van der Waals surface area contributed by atoms with E-state index in [1.54, 1.807) is 50.2 Å². The minimum absolute atomic E-state index is 0.000871. The molecule has 0 aliphatic carbocycles. The molecule has 0 saturated carbocycles. The molecule has 37 heavy (non-hydrogen) atoms. The van der Waals surface area contributed by atoms with E-state index in [0.717, 1.165) is 16.1 Å². The standard InChI is InChI=1S/C28H32FN3O4S/c1-4-30-28(34)26(18-22-11-6-5-7-12-22)31(19-23-14-16-24(29)17-15-23)27(33)20-32(37(3,35)36)25-13-9-8-10-21(25)2/h5-17,26H,4,18-20H2,1-3H3,(H,30,34)/t26-/m1/s1. The van der Waals surface area contributed by atoms with Crippen LogP contribution in [0.25, 0.3) is 0 Å². The minimum Gasteiger partial charge on any atom is -0.355 e. The zero-order valence-corrected chi connectivity index (χ0v) is 22.0. The van der Waals surface area contributed by atoms with Crippen LogP contribution in [0.3, 0.4) is 0 Å². The third kappa shape index (κ3) is 7.63. The molecule has 1 N–H and O–H groups in total. The van der Waals surface area contributed by atoms with E-state index in [4.69, 9.17) is 0 Å². The Hall–Kier alpha value is -3.72. The Bertz CT molecular complexity index is 1310. The summed E-state index contributed by atoms with van der Waals surface area (Å²) in [6.45, 7) is 3.42. The lowest BCUT2D eigenvalue weighted by atomic mass is 10.0. The first-order valence-corrected chi connectivity index (χ1v) is 13.8. The van der Waals surface area contributed by atoms with Gasteiger partial charge in [-0.2, -0.15) is 0 Å². The Morgan fingerprint density at radius 1 is 0.919 bits per heavy atom. The fourth-order valence-electron chi connectivity index (χ4n) is 4.07. The summed E-state index contributed by atoms with van der Waals surface area (Å²) in [5, 5.41) is 2.80. The summed E-state index contributed by atoms with van der Waals surface area (Å²) in [6, 6.07) is 20.9. The number of para-hydroxylation sites is 1. The van der Waals surface area contributed by atoms with Gasteiger partial charge in [0.25, 0.3) is 0 Å². The van der Waals surface area contributed by atoms with Gasteiger partial charge in [-0.15, -0.1) is 0 Å². The zero-order valence-electron chi connectivity index (χ0n) is 21.2. The zero-order chi connectivity index (χ0) is 27.0. The van der Waals surface area contributed by atoms with Crippen molar-refractivity contribution in [2.75, 3.05) is 23.7 Å². The number of anilines is 1. The molecule has 0 aromatic heterocycles. The summed E-state index contributed by atoms with van der Waals surface area (Å²) in [6.07, 6.45) is 1.27. The van der Waals surface area contributed by atoms with Crippen molar-refractivity contribution in [2.45, 2.75) is 32.9 Å². The second-order valence-electron chi connectivity index (χ2n) is 8.80. The third-order valence-electron chi connectivity index (χ3n) is 5.95. The van der Waals surface area contributed by atoms with Crippen LogP contribution in [0.15, 0.2) is 78.9 Å². The van der Waals surface area contributed by atoms with Crippen LogP contribution < -0.4 is 9.62 Å². The number of carbonyl (C=O) groups is 2. The summed E-state index contributed by atoms with van der Waals surface area (Å²) >= 11 is 0. The molecule has 196 valence electrons. The van der Waals surface area contributed by atoms with Gasteiger partial charge in [-0.1, -0.05) is 60.7 Å². The first-order chi connectivity index (χ1) is 17.6. The molecule has 2 amide bonds. The van der Waals surface area contributed by atoms with E-state index in [0.29, 0.717) is 23.4 Å². The Morgan fingerprint density at radius 2 is 1.54 bits per heavy atom. The summed E-state index contributed by atoms with van der Waals surface area (Å²) in [5.74, 6) is -1.33. The predicted molar refractivity (Wildman–Crippen MR) is 143 cm³/mol. The van der Waals surface area contributed by atoms with Crippen molar-refractivity contribution in [1.29, 1.82) is 0 Å². The maximum atomic E-state index is 13.9. The van der Waals surface area contributed by atoms with Gasteiger partial charge in [0.05, 0.1) is 11.9 Å². The van der Waals surface area contributed by atoms with Crippen molar-refractivity contribution in [3.8, 4) is 0 Å². The molecule has 3 aromatic rings. The van der Waals surface area contributed by atoms with E-state index in [1.165, 1.54) is 17.0 Å². The first kappa shape index (κ1) is 27.9. The lowest BCUT2D eigenvalue weighted by Crippen LogP contribution is -2.53. The van der Waals surface area contributed by atoms with Crippen molar-refractivity contribution < 1.29 is 22.4 Å². The highest BCUT2D eigenvalue weighted by Gasteiger charge is 2.33. The molecule has 0 bridgehead atoms. The van der Waals surface area contributed by atoms with Crippen LogP contribution in [0.5, 0.6) is 0 Å². The average Bonchev–Trinajstić information content (AvgIpc) is 2.86. The number of rotatable bonds is 11. The van der Waals surface area contributed by atoms with Crippen LogP contribution in [0, 0.1) is 12.7 Å². The molecule has 9 heteroatoms. The number of nitrogens with one attached hydrogen (secondary N) is 1. The number of nitrogens with zero attached hydrogens (tertiary/aromatic N) is 2. The predicted octanol–water partition coefficient (Wildman–Crippen LogP) is 3.68. The van der Waals surface area contributed by atoms with Crippen molar-refractivity contribution in [2.24, 2.45) is 0 Å². The Labute approximate surface area is 218 Å². The van der Waals surface area contributed by atoms with Crippen LogP contribution in [-0.2, 0) is 32.6 Å². The number of halogens is 1. The van der Waals surface area contributed by atoms with E-state index in [2.05, 4.69) is 5.32 Å². The largest absolute Gasteiger partial charge is 0.355 e. The van der Waals surface area contributed by atoms with Crippen LogP contribution in [-0.4, -0.2) is 50.5 Å². The first-order valence-electron chi connectivity index (χ1n) is 12.0. The van der Waals surface area contributed by atoms with E-state index in [9.17, 15) is 22.4 Å². The molecule has 0 radical (unpaired) electrons. The van der Waals surface area contributed by atoms with Gasteiger partial charge in [-0.3, -0.25) is 13.9 Å². The summed E-state index contributed by atoms with van der Waals surface area (Å²) in [5.41, 5.74) is 2.53. The smallest absolute Gasteiger partial charge is 0.244 e. The lowest BCUT2D eigenvalue weighted by Gasteiger charge is -2.33. The Balaban J connectivity index is 2.04. The molecule has 1 atom stereocenters. The quantitative estimate of drug-likeness (QED) is 0.414. The van der Waals surface area contributed by atoms with Crippen molar-refractivity contribution in [3.63, 3.8) is 0 Å². The van der Waals surface area contributed by atoms with Gasteiger partial charge < -0.3 is 10.2 Å². The van der Waals surface area contributed by atoms with Crippen LogP contribution >= 0.6 is 0 Å². The van der Waals surface area contributed by atoms with Gasteiger partial charge in [0.2, 0.25) is 21.8 Å². The molecule has 0 aliphatic rings. The van der Waals surface area contributed by atoms with Crippen LogP contribution in [0.1, 0.15) is 23.6 Å². The molecule has 3 aromatic carbocycles. The maximum absolute atomic E-state index is 13.9. The molecule has 0 heterocycles. The van der Waals surface area contributed by atoms with Crippen molar-refractivity contribution in [3.05, 3.63) is 101 Å². The number of hydrogen-bond acceptors (Lipinski definition) is 4. The molecule has 0 unspecified atom stereocenters. The number of hydrogen-bond donors (Lipinski definition) is 1. The Kier molecular flexibility index (Phi) is 9.41. The normalized spacial score (nSPS) is 12.0. The van der Waals surface area contributed by atoms with Crippen LogP contribution in [0.2, 0.25) is 0 Å². The number of aryl methyl sites for hydroxylation is 1. The van der Waals surface area contributed by atoms with E-state index in [-0.39, 0.29) is 18.9 Å². The fourth-order valence-corrected chi connectivity index (χ4v) is 4.98. The number of benzene rings is 3. The molecule has 0 fully saturated rings. The van der Waals surface area contributed by atoms with Gasteiger partial charge in [0.1, 0.15) is 18.4 Å². The third-order valence-corrected chi connectivity index (χ3v) is 7.08. The SMILES string of the molecule is CCNC(=O)[C@@H](Cc1ccccc1)N(Cc1ccc(F)cc1)C(=O)CN(c1ccccc1C)S(C)(=O)=O.